The molecule has 0 radical (unpaired) electrons. The van der Waals surface area contributed by atoms with Gasteiger partial charge in [-0.2, -0.15) is 0 Å². The van der Waals surface area contributed by atoms with E-state index in [4.69, 9.17) is 0 Å². The lowest BCUT2D eigenvalue weighted by atomic mass is 9.88. The number of nitrogens with one attached hydrogen (secondary N) is 2. The molecule has 8 heteroatoms. The van der Waals surface area contributed by atoms with Crippen LogP contribution in [0.1, 0.15) is 220 Å². The van der Waals surface area contributed by atoms with Crippen LogP contribution in [-0.2, 0) is 0 Å². The summed E-state index contributed by atoms with van der Waals surface area (Å²) in [6, 6.07) is 20.5. The highest BCUT2D eigenvalue weighted by Crippen LogP contribution is 2.30. The summed E-state index contributed by atoms with van der Waals surface area (Å²) in [4.78, 5) is 12.9. The van der Waals surface area contributed by atoms with Gasteiger partial charge in [0, 0.05) is 103 Å². The molecule has 2 aromatic rings. The van der Waals surface area contributed by atoms with Crippen LogP contribution in [0.2, 0.25) is 0 Å². The van der Waals surface area contributed by atoms with Crippen molar-refractivity contribution >= 4 is 11.4 Å². The van der Waals surface area contributed by atoms with Crippen molar-refractivity contribution in [1.29, 1.82) is 0 Å². The van der Waals surface area contributed by atoms with Crippen LogP contribution in [0.15, 0.2) is 60.7 Å². The molecule has 452 valence electrons. The third-order valence-corrected chi connectivity index (χ3v) is 15.3. The normalized spacial score (nSPS) is 24.2. The van der Waals surface area contributed by atoms with Gasteiger partial charge in [-0.3, -0.25) is 28.9 Å². The van der Waals surface area contributed by atoms with Gasteiger partial charge in [0.1, 0.15) is 0 Å². The number of para-hydroxylation sites is 2. The Bertz CT molecular complexity index is 1680. The van der Waals surface area contributed by atoms with Gasteiger partial charge >= 0.3 is 0 Å². The number of hydrogen-bond donors (Lipinski definition) is 2. The Hall–Kier alpha value is -2.23. The Labute approximate surface area is 481 Å². The minimum absolute atomic E-state index is 0.154. The van der Waals surface area contributed by atoms with Crippen LogP contribution in [0.25, 0.3) is 0 Å². The first-order valence-corrected chi connectivity index (χ1v) is 30.8. The van der Waals surface area contributed by atoms with Crippen molar-refractivity contribution in [2.45, 2.75) is 258 Å². The first kappa shape index (κ1) is 74.8. The maximum Gasteiger partial charge on any atom is 0.0785 e. The fourth-order valence-electron chi connectivity index (χ4n) is 10.4. The maximum absolute atomic E-state index is 9.50. The van der Waals surface area contributed by atoms with E-state index >= 15 is 0 Å². The van der Waals surface area contributed by atoms with Gasteiger partial charge in [-0.05, 0) is 250 Å². The van der Waals surface area contributed by atoms with Gasteiger partial charge in [0.15, 0.2) is 0 Å². The number of halogens is 1. The smallest absolute Gasteiger partial charge is 0.0785 e. The minimum Gasteiger partial charge on any atom is -0.380 e. The molecule has 0 saturated carbocycles. The molecule has 0 amide bonds. The van der Waals surface area contributed by atoms with Crippen molar-refractivity contribution in [3.63, 3.8) is 0 Å². The van der Waals surface area contributed by atoms with E-state index in [1.165, 1.54) is 103 Å². The molecule has 0 aliphatic carbocycles. The lowest BCUT2D eigenvalue weighted by Gasteiger charge is -2.46. The number of nitrogens with zero attached hydrogens (tertiary/aromatic N) is 5. The third-order valence-electron chi connectivity index (χ3n) is 15.3. The van der Waals surface area contributed by atoms with Gasteiger partial charge in [-0.15, -0.1) is 0 Å². The molecule has 2 N–H and O–H groups in total. The topological polar surface area (TPSA) is 40.3 Å². The second-order valence-corrected chi connectivity index (χ2v) is 31.6. The summed E-state index contributed by atoms with van der Waals surface area (Å²) in [5.74, 6) is 6.29. The summed E-state index contributed by atoms with van der Waals surface area (Å²) < 4.78 is 9.50. The van der Waals surface area contributed by atoms with E-state index in [0.717, 1.165) is 41.4 Å². The summed E-state index contributed by atoms with van der Waals surface area (Å²) in [7, 11) is 0.500. The summed E-state index contributed by atoms with van der Waals surface area (Å²) in [6.07, 6.45) is 5.61. The van der Waals surface area contributed by atoms with Crippen molar-refractivity contribution in [2.75, 3.05) is 83.3 Å². The predicted octanol–water partition coefficient (Wildman–Crippen LogP) is 17.9. The molecule has 5 fully saturated rings. The molecule has 6 atom stereocenters. The molecule has 5 aliphatic heterocycles. The number of benzene rings is 2. The van der Waals surface area contributed by atoms with Crippen LogP contribution >= 0.6 is 0 Å². The molecule has 0 bridgehead atoms. The van der Waals surface area contributed by atoms with Gasteiger partial charge in [-0.25, -0.2) is 0 Å². The number of hydrogen-bond acceptors (Lipinski definition) is 7. The molecule has 5 heterocycles. The van der Waals surface area contributed by atoms with Crippen LogP contribution in [0.4, 0.5) is 15.8 Å². The molecule has 0 aromatic heterocycles. The standard InChI is InChI=1S/C11H23N.2C10H21N.2C10H15N.C9H19N.C8H17N.CH3F/c1-9-6-10(2)8-12(7-9)11(3,4)5;1-8-6-11(7-9(8)2)10(3,4)5;1-9-6-5-7-11(8-9)10(2,3)4;2*1-10(2,3)11-9-7-5-4-6-8-9;1-8-5-6-10(7-8)9(2,3)4;1-7-5-9(6-7)8(2,3)4;1-2/h9-10H,6-8H2,1-5H3;8-9H,6-7H2,1-5H3;9H,5-8H2,1-4H3;2*4-8,11H,1-3H3;8H,5-7H2,1-4H3;7H,5-6H2,1-4H3;1H3. The van der Waals surface area contributed by atoms with Crippen molar-refractivity contribution in [3.05, 3.63) is 60.7 Å². The highest BCUT2D eigenvalue weighted by molar-refractivity contribution is 5.45. The summed E-state index contributed by atoms with van der Waals surface area (Å²) in [5.41, 5.74) is 4.59. The number of likely N-dealkylation sites (tertiary alicyclic amines) is 5. The van der Waals surface area contributed by atoms with Crippen LogP contribution in [-0.4, -0.2) is 136 Å². The zero-order valence-corrected chi connectivity index (χ0v) is 56.8. The number of anilines is 2. The van der Waals surface area contributed by atoms with Gasteiger partial charge < -0.3 is 10.6 Å². The van der Waals surface area contributed by atoms with E-state index in [9.17, 15) is 4.39 Å². The predicted molar refractivity (Wildman–Crippen MR) is 346 cm³/mol. The maximum atomic E-state index is 9.50. The average molecular weight is 1080 g/mol. The second kappa shape index (κ2) is 33.6. The Morgan fingerprint density at radius 1 is 0.338 bits per heavy atom. The Morgan fingerprint density at radius 2 is 0.610 bits per heavy atom. The first-order chi connectivity index (χ1) is 35.0. The lowest BCUT2D eigenvalue weighted by molar-refractivity contribution is 0.0224. The average Bonchev–Trinajstić information content (AvgIpc) is 3.87. The third kappa shape index (κ3) is 34.6. The summed E-state index contributed by atoms with van der Waals surface area (Å²) in [5, 5.41) is 6.76. The van der Waals surface area contributed by atoms with Crippen molar-refractivity contribution in [2.24, 2.45) is 41.4 Å². The van der Waals surface area contributed by atoms with E-state index in [1.807, 2.05) is 36.4 Å². The molecule has 2 aromatic carbocycles. The molecule has 6 unspecified atom stereocenters. The number of piperidine rings is 2. The fraction of sp³-hybridized carbons (Fsp3) is 0.826. The molecule has 7 nitrogen and oxygen atoms in total. The van der Waals surface area contributed by atoms with Crippen LogP contribution in [0, 0.1) is 41.4 Å². The van der Waals surface area contributed by atoms with E-state index in [2.05, 4.69) is 253 Å². The van der Waals surface area contributed by atoms with E-state index in [-0.39, 0.29) is 11.1 Å². The van der Waals surface area contributed by atoms with Gasteiger partial charge in [0.05, 0.1) is 7.18 Å². The molecule has 7 rings (SSSR count). The molecule has 5 aliphatic rings. The Morgan fingerprint density at radius 3 is 0.844 bits per heavy atom. The van der Waals surface area contributed by atoms with Crippen molar-refractivity contribution in [1.82, 2.24) is 24.5 Å². The van der Waals surface area contributed by atoms with Crippen LogP contribution in [0.3, 0.4) is 0 Å². The van der Waals surface area contributed by atoms with Crippen molar-refractivity contribution < 1.29 is 4.39 Å². The molecular weight excluding hydrogens is 946 g/mol. The van der Waals surface area contributed by atoms with Gasteiger partial charge in [-0.1, -0.05) is 84.9 Å². The van der Waals surface area contributed by atoms with Gasteiger partial charge in [0.25, 0.3) is 0 Å². The molecule has 0 spiro atoms. The van der Waals surface area contributed by atoms with Crippen LogP contribution in [0.5, 0.6) is 0 Å². The molecule has 5 saturated heterocycles. The largest absolute Gasteiger partial charge is 0.380 e. The monoisotopic (exact) mass is 1080 g/mol. The van der Waals surface area contributed by atoms with E-state index < -0.39 is 0 Å². The summed E-state index contributed by atoms with van der Waals surface area (Å²) >= 11 is 0. The second-order valence-electron chi connectivity index (χ2n) is 31.6. The quantitative estimate of drug-likeness (QED) is 0.311. The molecular formula is C69H134FN7. The number of rotatable bonds is 2. The SMILES string of the molecule is CC(C)(C)Nc1ccccc1.CC(C)(C)Nc1ccccc1.CC1CC(C)CN(C(C)(C)C)C1.CC1CCCN(C(C)(C)C)C1.CC1CCN(C(C)(C)C)C1.CC1CN(C(C)(C)C)C1.CC1CN(C(C)(C)C)CC1C.CF. The zero-order chi connectivity index (χ0) is 60.0. The summed E-state index contributed by atoms with van der Waals surface area (Å²) in [6.45, 7) is 76.8. The highest BCUT2D eigenvalue weighted by Gasteiger charge is 2.34. The van der Waals surface area contributed by atoms with E-state index in [1.54, 1.807) is 0 Å². The van der Waals surface area contributed by atoms with Crippen molar-refractivity contribution in [3.8, 4) is 0 Å². The fourth-order valence-corrected chi connectivity index (χ4v) is 10.4. The highest BCUT2D eigenvalue weighted by atomic mass is 19.1. The minimum atomic E-state index is 0.154. The first-order valence-electron chi connectivity index (χ1n) is 30.8. The Balaban J connectivity index is 0.000000871. The zero-order valence-electron chi connectivity index (χ0n) is 56.8. The van der Waals surface area contributed by atoms with Gasteiger partial charge in [0.2, 0.25) is 0 Å². The molecule has 77 heavy (non-hydrogen) atoms. The van der Waals surface area contributed by atoms with E-state index in [0.29, 0.717) is 34.9 Å². The Kier molecular flexibility index (Phi) is 32.7. The lowest BCUT2D eigenvalue weighted by Crippen LogP contribution is -2.54. The van der Waals surface area contributed by atoms with Crippen LogP contribution < -0.4 is 10.6 Å². The number of alkyl halides is 1.